The van der Waals surface area contributed by atoms with E-state index in [0.29, 0.717) is 16.5 Å². The molecule has 0 aliphatic rings. The van der Waals surface area contributed by atoms with Gasteiger partial charge in [0.25, 0.3) is 11.8 Å². The Morgan fingerprint density at radius 3 is 2.62 bits per heavy atom. The van der Waals surface area contributed by atoms with Gasteiger partial charge in [0.15, 0.2) is 5.82 Å². The van der Waals surface area contributed by atoms with Crippen LogP contribution in [0, 0.1) is 17.1 Å². The van der Waals surface area contributed by atoms with Crippen molar-refractivity contribution >= 4 is 62.5 Å². The van der Waals surface area contributed by atoms with Crippen molar-refractivity contribution in [2.45, 2.75) is 26.3 Å². The van der Waals surface area contributed by atoms with Crippen molar-refractivity contribution in [2.24, 2.45) is 0 Å². The molecule has 0 spiro atoms. The monoisotopic (exact) mass is 601 g/mol. The summed E-state index contributed by atoms with van der Waals surface area (Å²) in [7, 11) is 0. The number of pyridine rings is 1. The van der Waals surface area contributed by atoms with Gasteiger partial charge in [0.1, 0.15) is 29.2 Å². The van der Waals surface area contributed by atoms with Crippen LogP contribution in [0.15, 0.2) is 60.8 Å². The van der Waals surface area contributed by atoms with Crippen LogP contribution in [0.4, 0.5) is 16.0 Å². The summed E-state index contributed by atoms with van der Waals surface area (Å²) in [5.41, 5.74) is 1.07. The minimum atomic E-state index is -0.730. The Balaban J connectivity index is 1.63. The number of rotatable bonds is 8. The molecule has 42 heavy (non-hydrogen) atoms. The first-order chi connectivity index (χ1) is 20.2. The lowest BCUT2D eigenvalue weighted by molar-refractivity contribution is -0.117. The van der Waals surface area contributed by atoms with Crippen LogP contribution in [-0.4, -0.2) is 36.5 Å². The summed E-state index contributed by atoms with van der Waals surface area (Å²) in [6.45, 7) is 2.76. The maximum Gasteiger partial charge on any atom is 0.292 e. The number of carbonyl (C=O) groups is 3. The average molecular weight is 602 g/mol. The van der Waals surface area contributed by atoms with Crippen molar-refractivity contribution in [3.05, 3.63) is 100.0 Å². The lowest BCUT2D eigenvalue weighted by Gasteiger charge is -2.19. The highest BCUT2D eigenvalue weighted by atomic mass is 35.5. The van der Waals surface area contributed by atoms with Crippen molar-refractivity contribution in [1.29, 1.82) is 5.26 Å². The van der Waals surface area contributed by atoms with E-state index >= 15 is 0 Å². The Morgan fingerprint density at radius 1 is 1.12 bits per heavy atom. The van der Waals surface area contributed by atoms with E-state index in [1.807, 2.05) is 18.2 Å². The normalized spacial score (nSPS) is 11.6. The fraction of sp³-hybridized carbons (Fsp3) is 0.138. The third kappa shape index (κ3) is 5.74. The van der Waals surface area contributed by atoms with Gasteiger partial charge in [-0.2, -0.15) is 9.64 Å². The highest BCUT2D eigenvalue weighted by molar-refractivity contribution is 7.13. The van der Waals surface area contributed by atoms with Crippen molar-refractivity contribution < 1.29 is 18.8 Å². The van der Waals surface area contributed by atoms with E-state index in [-0.39, 0.29) is 46.2 Å². The fourth-order valence-electron chi connectivity index (χ4n) is 4.47. The minimum Gasteiger partial charge on any atom is -0.314 e. The number of fused-ring (bicyclic) bond motifs is 1. The standard InChI is InChI=1S/C29H21ClFN7O3S/c1-15(39)14-38-25(16(2)20-11-18(31)8-9-21(20)30)26(36-28(40)24-19-5-3-4-6-22(19)42-37-24)35-27(38)29(41)34-23-10-7-17(12-32)13-33-23/h3-11,13,16H,14H2,1-2H3,(H,36,40)(H,33,34,41)/t16-/m0/s1. The summed E-state index contributed by atoms with van der Waals surface area (Å²) in [4.78, 5) is 47.9. The number of nitrogens with zero attached hydrogens (tertiary/aromatic N) is 5. The molecule has 0 fully saturated rings. The lowest BCUT2D eigenvalue weighted by Crippen LogP contribution is -2.22. The molecule has 5 rings (SSSR count). The Labute approximate surface area is 248 Å². The van der Waals surface area contributed by atoms with Crippen molar-refractivity contribution in [3.63, 3.8) is 0 Å². The van der Waals surface area contributed by atoms with Gasteiger partial charge in [-0.3, -0.25) is 14.4 Å². The predicted molar refractivity (Wildman–Crippen MR) is 156 cm³/mol. The Hall–Kier alpha value is -4.99. The van der Waals surface area contributed by atoms with Gasteiger partial charge in [-0.1, -0.05) is 36.7 Å². The second kappa shape index (κ2) is 11.9. The summed E-state index contributed by atoms with van der Waals surface area (Å²) in [6, 6.07) is 16.0. The van der Waals surface area contributed by atoms with E-state index < -0.39 is 23.5 Å². The summed E-state index contributed by atoms with van der Waals surface area (Å²) in [5, 5.41) is 15.3. The average Bonchev–Trinajstić information content (AvgIpc) is 3.56. The third-order valence-corrected chi connectivity index (χ3v) is 7.55. The molecule has 0 radical (unpaired) electrons. The number of nitrogens with one attached hydrogen (secondary N) is 2. The van der Waals surface area contributed by atoms with Crippen LogP contribution < -0.4 is 10.6 Å². The van der Waals surface area contributed by atoms with Crippen LogP contribution in [0.5, 0.6) is 0 Å². The third-order valence-electron chi connectivity index (χ3n) is 6.38. The number of amides is 2. The number of halogens is 2. The number of hydrogen-bond donors (Lipinski definition) is 2. The maximum absolute atomic E-state index is 14.3. The molecule has 0 bridgehead atoms. The largest absolute Gasteiger partial charge is 0.314 e. The summed E-state index contributed by atoms with van der Waals surface area (Å²) in [5.74, 6) is -2.97. The molecule has 0 aliphatic heterocycles. The first-order valence-corrected chi connectivity index (χ1v) is 13.7. The number of carbonyl (C=O) groups excluding carboxylic acids is 3. The zero-order chi connectivity index (χ0) is 30.0. The molecule has 0 unspecified atom stereocenters. The molecule has 2 aromatic carbocycles. The zero-order valence-corrected chi connectivity index (χ0v) is 23.8. The molecule has 10 nitrogen and oxygen atoms in total. The topological polar surface area (TPSA) is 143 Å². The van der Waals surface area contributed by atoms with E-state index in [1.165, 1.54) is 48.0 Å². The van der Waals surface area contributed by atoms with Gasteiger partial charge in [0, 0.05) is 22.5 Å². The SMILES string of the molecule is CC(=O)Cn1c(C(=O)Nc2ccc(C#N)cn2)nc(NC(=O)c2nsc3ccccc23)c1[C@@H](C)c1cc(F)ccc1Cl. The Morgan fingerprint density at radius 2 is 1.90 bits per heavy atom. The highest BCUT2D eigenvalue weighted by Crippen LogP contribution is 2.36. The van der Waals surface area contributed by atoms with Gasteiger partial charge >= 0.3 is 0 Å². The van der Waals surface area contributed by atoms with Gasteiger partial charge in [-0.25, -0.2) is 14.4 Å². The number of hydrogen-bond acceptors (Lipinski definition) is 8. The molecule has 3 heterocycles. The number of aromatic nitrogens is 4. The molecule has 1 atom stereocenters. The van der Waals surface area contributed by atoms with Crippen LogP contribution in [0.3, 0.4) is 0 Å². The van der Waals surface area contributed by atoms with Crippen LogP contribution in [0.2, 0.25) is 5.02 Å². The summed E-state index contributed by atoms with van der Waals surface area (Å²) >= 11 is 7.59. The molecule has 0 aliphatic carbocycles. The highest BCUT2D eigenvalue weighted by Gasteiger charge is 2.30. The van der Waals surface area contributed by atoms with Gasteiger partial charge in [-0.15, -0.1) is 0 Å². The van der Waals surface area contributed by atoms with E-state index in [9.17, 15) is 18.8 Å². The number of imidazole rings is 1. The van der Waals surface area contributed by atoms with E-state index in [4.69, 9.17) is 16.9 Å². The molecule has 210 valence electrons. The second-order valence-corrected chi connectivity index (χ2v) is 10.5. The Kier molecular flexibility index (Phi) is 8.06. The van der Waals surface area contributed by atoms with Crippen molar-refractivity contribution in [1.82, 2.24) is 18.9 Å². The summed E-state index contributed by atoms with van der Waals surface area (Å²) < 4.78 is 20.8. The lowest BCUT2D eigenvalue weighted by atomic mass is 9.96. The molecule has 0 saturated heterocycles. The van der Waals surface area contributed by atoms with Crippen molar-refractivity contribution in [3.8, 4) is 6.07 Å². The molecule has 2 amide bonds. The summed E-state index contributed by atoms with van der Waals surface area (Å²) in [6.07, 6.45) is 1.29. The molecule has 3 aromatic heterocycles. The van der Waals surface area contributed by atoms with Gasteiger partial charge in [-0.05, 0) is 60.4 Å². The molecule has 2 N–H and O–H groups in total. The molecular weight excluding hydrogens is 581 g/mol. The number of Topliss-reactive ketones (excluding diaryl/α,β-unsaturated/α-hetero) is 1. The first-order valence-electron chi connectivity index (χ1n) is 12.5. The Bertz CT molecular complexity index is 1900. The van der Waals surface area contributed by atoms with Gasteiger partial charge in [0.2, 0.25) is 5.82 Å². The first kappa shape index (κ1) is 28.5. The zero-order valence-electron chi connectivity index (χ0n) is 22.2. The minimum absolute atomic E-state index is 0.0240. The predicted octanol–water partition coefficient (Wildman–Crippen LogP) is 5.80. The second-order valence-electron chi connectivity index (χ2n) is 9.32. The fourth-order valence-corrected chi connectivity index (χ4v) is 5.52. The quantitative estimate of drug-likeness (QED) is 0.229. The number of anilines is 2. The van der Waals surface area contributed by atoms with Gasteiger partial charge < -0.3 is 15.2 Å². The van der Waals surface area contributed by atoms with Gasteiger partial charge in [0.05, 0.1) is 22.5 Å². The van der Waals surface area contributed by atoms with E-state index in [2.05, 4.69) is 25.0 Å². The molecular formula is C29H21ClFN7O3S. The van der Waals surface area contributed by atoms with Crippen LogP contribution in [-0.2, 0) is 11.3 Å². The maximum atomic E-state index is 14.3. The number of nitriles is 1. The van der Waals surface area contributed by atoms with Crippen LogP contribution >= 0.6 is 23.1 Å². The smallest absolute Gasteiger partial charge is 0.292 e. The van der Waals surface area contributed by atoms with Crippen LogP contribution in [0.25, 0.3) is 10.1 Å². The number of ketones is 1. The molecule has 13 heteroatoms. The molecule has 0 saturated carbocycles. The number of benzene rings is 2. The van der Waals surface area contributed by atoms with E-state index in [1.54, 1.807) is 19.1 Å². The van der Waals surface area contributed by atoms with Crippen molar-refractivity contribution in [2.75, 3.05) is 10.6 Å². The van der Waals surface area contributed by atoms with E-state index in [0.717, 1.165) is 16.2 Å². The van der Waals surface area contributed by atoms with Crippen LogP contribution in [0.1, 0.15) is 57.7 Å². The molecule has 5 aromatic rings.